The van der Waals surface area contributed by atoms with Crippen molar-refractivity contribution >= 4 is 11.6 Å². The van der Waals surface area contributed by atoms with Crippen molar-refractivity contribution in [2.24, 2.45) is 5.92 Å². The van der Waals surface area contributed by atoms with Crippen molar-refractivity contribution in [3.8, 4) is 34.5 Å². The smallest absolute Gasteiger partial charge is 0.273 e. The van der Waals surface area contributed by atoms with Crippen molar-refractivity contribution in [3.05, 3.63) is 71.5 Å². The van der Waals surface area contributed by atoms with Gasteiger partial charge in [0.2, 0.25) is 5.65 Å². The van der Waals surface area contributed by atoms with Crippen LogP contribution in [-0.2, 0) is 0 Å². The molecule has 5 rings (SSSR count). The highest BCUT2D eigenvalue weighted by Gasteiger charge is 2.24. The van der Waals surface area contributed by atoms with Gasteiger partial charge in [0, 0.05) is 43.9 Å². The van der Waals surface area contributed by atoms with E-state index < -0.39 is 0 Å². The third-order valence-corrected chi connectivity index (χ3v) is 6.43. The van der Waals surface area contributed by atoms with Gasteiger partial charge in [0.05, 0.1) is 29.6 Å². The van der Waals surface area contributed by atoms with Crippen molar-refractivity contribution in [3.63, 3.8) is 0 Å². The van der Waals surface area contributed by atoms with E-state index in [1.165, 1.54) is 4.90 Å². The summed E-state index contributed by atoms with van der Waals surface area (Å²) in [6.45, 7) is 4.43. The van der Waals surface area contributed by atoms with Crippen LogP contribution in [0.15, 0.2) is 54.7 Å². The van der Waals surface area contributed by atoms with Crippen LogP contribution < -0.4 is 10.1 Å². The van der Waals surface area contributed by atoms with Crippen molar-refractivity contribution < 1.29 is 9.53 Å². The molecule has 3 heterocycles. The Kier molecular flexibility index (Phi) is 6.40. The number of aryl methyl sites for hydroxylation is 1. The molecule has 182 valence electrons. The van der Waals surface area contributed by atoms with E-state index in [1.807, 2.05) is 47.7 Å². The van der Waals surface area contributed by atoms with Crippen LogP contribution in [0.25, 0.3) is 28.2 Å². The van der Waals surface area contributed by atoms with Gasteiger partial charge in [-0.2, -0.15) is 5.26 Å². The molecule has 1 atom stereocenters. The number of amides is 1. The summed E-state index contributed by atoms with van der Waals surface area (Å²) in [6, 6.07) is 17.7. The lowest BCUT2D eigenvalue weighted by molar-refractivity contribution is 0.0822. The van der Waals surface area contributed by atoms with Crippen molar-refractivity contribution in [1.82, 2.24) is 24.6 Å². The summed E-state index contributed by atoms with van der Waals surface area (Å²) < 4.78 is 8.17. The maximum atomic E-state index is 12.9. The molecule has 1 saturated heterocycles. The molecule has 2 aromatic heterocycles. The van der Waals surface area contributed by atoms with E-state index in [2.05, 4.69) is 16.4 Å². The van der Waals surface area contributed by atoms with E-state index in [4.69, 9.17) is 9.72 Å². The zero-order valence-electron chi connectivity index (χ0n) is 20.7. The fraction of sp³-hybridized carbons (Fsp3) is 0.286. The first-order valence-corrected chi connectivity index (χ1v) is 12.0. The molecule has 0 saturated carbocycles. The Labute approximate surface area is 210 Å². The molecule has 0 aliphatic carbocycles. The number of nitrogens with zero attached hydrogens (tertiary/aromatic N) is 5. The molecule has 0 radical (unpaired) electrons. The minimum absolute atomic E-state index is 0.195. The number of fused-ring (bicyclic) bond motifs is 1. The van der Waals surface area contributed by atoms with Crippen LogP contribution in [0.2, 0.25) is 0 Å². The molecule has 8 nitrogen and oxygen atoms in total. The first-order valence-electron chi connectivity index (χ1n) is 12.0. The third kappa shape index (κ3) is 4.53. The summed E-state index contributed by atoms with van der Waals surface area (Å²) in [5.74, 6) is 0.578. The predicted octanol–water partition coefficient (Wildman–Crippen LogP) is 3.93. The molecule has 8 heteroatoms. The SMILES string of the molecule is Cc1ccc(-c2c(-c3ccc(C#N)cc3)nc(OC[C@@H]3CCNC3)c3nc(C(=O)N(C)C)cn23)cc1. The molecule has 4 aromatic rings. The molecule has 0 spiro atoms. The average molecular weight is 481 g/mol. The van der Waals surface area contributed by atoms with Gasteiger partial charge < -0.3 is 15.0 Å². The minimum atomic E-state index is -0.195. The number of imidazole rings is 1. The highest BCUT2D eigenvalue weighted by atomic mass is 16.5. The average Bonchev–Trinajstić information content (AvgIpc) is 3.57. The zero-order valence-corrected chi connectivity index (χ0v) is 20.7. The summed E-state index contributed by atoms with van der Waals surface area (Å²) in [5.41, 5.74) is 5.80. The lowest BCUT2D eigenvalue weighted by atomic mass is 10.0. The molecule has 1 amide bonds. The van der Waals surface area contributed by atoms with Crippen molar-refractivity contribution in [2.45, 2.75) is 13.3 Å². The van der Waals surface area contributed by atoms with E-state index in [0.29, 0.717) is 41.0 Å². The second kappa shape index (κ2) is 9.80. The standard InChI is InChI=1S/C28H28N6O2/c1-18-4-8-22(9-5-18)25-24(21-10-6-19(14-29)7-11-21)32-27(36-17-20-12-13-30-15-20)26-31-23(16-34(25)26)28(35)33(2)3/h4-11,16,20,30H,12-13,15,17H2,1-3H3/t20-/m1/s1. The van der Waals surface area contributed by atoms with Gasteiger partial charge >= 0.3 is 0 Å². The van der Waals surface area contributed by atoms with Gasteiger partial charge in [0.15, 0.2) is 0 Å². The molecular formula is C28H28N6O2. The summed E-state index contributed by atoms with van der Waals surface area (Å²) in [5, 5.41) is 12.6. The number of benzene rings is 2. The third-order valence-electron chi connectivity index (χ3n) is 6.43. The Morgan fingerprint density at radius 1 is 1.14 bits per heavy atom. The van der Waals surface area contributed by atoms with Crippen LogP contribution in [0.3, 0.4) is 0 Å². The van der Waals surface area contributed by atoms with E-state index in [9.17, 15) is 10.1 Å². The fourth-order valence-electron chi connectivity index (χ4n) is 4.39. The number of hydrogen-bond donors (Lipinski definition) is 1. The topological polar surface area (TPSA) is 95.5 Å². The highest BCUT2D eigenvalue weighted by Crippen LogP contribution is 2.35. The Bertz CT molecular complexity index is 1440. The lowest BCUT2D eigenvalue weighted by Crippen LogP contribution is -2.21. The van der Waals surface area contributed by atoms with Gasteiger partial charge in [-0.1, -0.05) is 42.0 Å². The molecule has 1 aliphatic heterocycles. The van der Waals surface area contributed by atoms with Gasteiger partial charge in [-0.3, -0.25) is 9.20 Å². The largest absolute Gasteiger partial charge is 0.475 e. The number of ether oxygens (including phenoxy) is 1. The van der Waals surface area contributed by atoms with Crippen LogP contribution >= 0.6 is 0 Å². The molecule has 2 aromatic carbocycles. The molecule has 1 N–H and O–H groups in total. The number of carbonyl (C=O) groups excluding carboxylic acids is 1. The van der Waals surface area contributed by atoms with Crippen LogP contribution in [-0.4, -0.2) is 59.0 Å². The highest BCUT2D eigenvalue weighted by molar-refractivity contribution is 5.93. The number of hydrogen-bond acceptors (Lipinski definition) is 6. The minimum Gasteiger partial charge on any atom is -0.475 e. The maximum Gasteiger partial charge on any atom is 0.273 e. The molecule has 1 aliphatic rings. The van der Waals surface area contributed by atoms with Gasteiger partial charge in [0.1, 0.15) is 5.69 Å². The lowest BCUT2D eigenvalue weighted by Gasteiger charge is -2.17. The number of nitrogens with one attached hydrogen (secondary N) is 1. The zero-order chi connectivity index (χ0) is 25.2. The van der Waals surface area contributed by atoms with Gasteiger partial charge in [-0.25, -0.2) is 9.97 Å². The van der Waals surface area contributed by atoms with Gasteiger partial charge in [-0.15, -0.1) is 0 Å². The number of nitriles is 1. The van der Waals surface area contributed by atoms with Gasteiger partial charge in [-0.05, 0) is 32.0 Å². The quantitative estimate of drug-likeness (QED) is 0.449. The fourth-order valence-corrected chi connectivity index (χ4v) is 4.39. The van der Waals surface area contributed by atoms with Crippen molar-refractivity contribution in [1.29, 1.82) is 5.26 Å². The monoisotopic (exact) mass is 480 g/mol. The van der Waals surface area contributed by atoms with E-state index in [1.54, 1.807) is 32.4 Å². The summed E-state index contributed by atoms with van der Waals surface area (Å²) >= 11 is 0. The van der Waals surface area contributed by atoms with E-state index in [-0.39, 0.29) is 5.91 Å². The molecule has 1 fully saturated rings. The number of carbonyl (C=O) groups is 1. The first-order chi connectivity index (χ1) is 17.4. The Hall–Kier alpha value is -4.22. The molecular weight excluding hydrogens is 452 g/mol. The van der Waals surface area contributed by atoms with E-state index in [0.717, 1.165) is 41.9 Å². The second-order valence-corrected chi connectivity index (χ2v) is 9.36. The Morgan fingerprint density at radius 2 is 1.86 bits per heavy atom. The van der Waals surface area contributed by atoms with E-state index >= 15 is 0 Å². The van der Waals surface area contributed by atoms with Crippen LogP contribution in [0.4, 0.5) is 0 Å². The molecule has 36 heavy (non-hydrogen) atoms. The summed E-state index contributed by atoms with van der Waals surface area (Å²) in [4.78, 5) is 24.0. The van der Waals surface area contributed by atoms with Gasteiger partial charge in [0.25, 0.3) is 11.8 Å². The number of rotatable bonds is 6. The predicted molar refractivity (Wildman–Crippen MR) is 138 cm³/mol. The Morgan fingerprint density at radius 3 is 2.50 bits per heavy atom. The normalized spacial score (nSPS) is 15.1. The van der Waals surface area contributed by atoms with Crippen LogP contribution in [0.5, 0.6) is 5.88 Å². The van der Waals surface area contributed by atoms with Crippen LogP contribution in [0, 0.1) is 24.2 Å². The Balaban J connectivity index is 1.75. The second-order valence-electron chi connectivity index (χ2n) is 9.36. The molecule has 0 bridgehead atoms. The summed E-state index contributed by atoms with van der Waals surface area (Å²) in [7, 11) is 3.41. The summed E-state index contributed by atoms with van der Waals surface area (Å²) in [6.07, 6.45) is 2.80. The maximum absolute atomic E-state index is 12.9. The van der Waals surface area contributed by atoms with Crippen LogP contribution in [0.1, 0.15) is 28.0 Å². The first kappa shape index (κ1) is 23.5. The molecule has 0 unspecified atom stereocenters. The van der Waals surface area contributed by atoms with Crippen molar-refractivity contribution in [2.75, 3.05) is 33.8 Å². The number of aromatic nitrogens is 3.